The monoisotopic (exact) mass is 329 g/mol. The molecule has 1 amide bonds. The maximum Gasteiger partial charge on any atom is 0.265 e. The van der Waals surface area contributed by atoms with Crippen molar-refractivity contribution in [1.82, 2.24) is 25.2 Å². The van der Waals surface area contributed by atoms with E-state index in [-0.39, 0.29) is 5.91 Å². The molecule has 0 saturated carbocycles. The lowest BCUT2D eigenvalue weighted by Crippen LogP contribution is -2.32. The topological polar surface area (TPSA) is 71.0 Å². The van der Waals surface area contributed by atoms with Crippen LogP contribution in [0.1, 0.15) is 22.5 Å². The van der Waals surface area contributed by atoms with Crippen molar-refractivity contribution in [3.8, 4) is 10.8 Å². The number of likely N-dealkylation sites (tertiary alicyclic amines) is 1. The molecule has 1 N–H and O–H groups in total. The summed E-state index contributed by atoms with van der Waals surface area (Å²) >= 11 is 1.38. The summed E-state index contributed by atoms with van der Waals surface area (Å²) in [4.78, 5) is 28.1. The molecule has 0 unspecified atom stereocenters. The van der Waals surface area contributed by atoms with Gasteiger partial charge in [0, 0.05) is 25.5 Å². The van der Waals surface area contributed by atoms with E-state index in [1.54, 1.807) is 24.7 Å². The summed E-state index contributed by atoms with van der Waals surface area (Å²) in [6.45, 7) is 3.89. The van der Waals surface area contributed by atoms with Crippen LogP contribution in [0, 0.1) is 11.8 Å². The minimum Gasteiger partial charge on any atom is -0.338 e. The number of hydrogen-bond donors (Lipinski definition) is 1. The van der Waals surface area contributed by atoms with Crippen molar-refractivity contribution in [3.63, 3.8) is 0 Å². The van der Waals surface area contributed by atoms with Crippen LogP contribution in [0.5, 0.6) is 0 Å². The number of carbonyl (C=O) groups excluding carboxylic acids is 1. The summed E-state index contributed by atoms with van der Waals surface area (Å²) in [6, 6.07) is 1.77. The van der Waals surface area contributed by atoms with Crippen molar-refractivity contribution in [3.05, 3.63) is 29.5 Å². The van der Waals surface area contributed by atoms with Crippen LogP contribution in [0.4, 0.5) is 0 Å². The molecule has 2 aliphatic rings. The van der Waals surface area contributed by atoms with Crippen molar-refractivity contribution in [2.45, 2.75) is 12.8 Å². The average Bonchev–Trinajstić information content (AvgIpc) is 3.21. The lowest BCUT2D eigenvalue weighted by atomic mass is 9.92. The van der Waals surface area contributed by atoms with Crippen LogP contribution in [0.3, 0.4) is 0 Å². The third kappa shape index (κ3) is 2.98. The fraction of sp³-hybridized carbons (Fsp3) is 0.500. The minimum absolute atomic E-state index is 0.0950. The van der Waals surface area contributed by atoms with Gasteiger partial charge < -0.3 is 10.2 Å². The van der Waals surface area contributed by atoms with E-state index in [1.807, 2.05) is 4.90 Å². The normalized spacial score (nSPS) is 24.3. The molecule has 6 nitrogen and oxygen atoms in total. The van der Waals surface area contributed by atoms with Gasteiger partial charge in [0.2, 0.25) is 0 Å². The predicted octanol–water partition coefficient (Wildman–Crippen LogP) is 1.67. The zero-order chi connectivity index (χ0) is 15.6. The Morgan fingerprint density at radius 3 is 2.52 bits per heavy atom. The SMILES string of the molecule is O=C(c1cnc(-c2ncccn2)s1)N1CC[C@@H]2CNC[C@@H]2CC1. The van der Waals surface area contributed by atoms with Gasteiger partial charge in [0.1, 0.15) is 4.88 Å². The first-order valence-electron chi connectivity index (χ1n) is 8.04. The summed E-state index contributed by atoms with van der Waals surface area (Å²) in [5.74, 6) is 2.12. The molecular formula is C16H19N5OS. The maximum absolute atomic E-state index is 12.8. The van der Waals surface area contributed by atoms with Gasteiger partial charge in [0.05, 0.1) is 6.20 Å². The first-order chi connectivity index (χ1) is 11.3. The van der Waals surface area contributed by atoms with Gasteiger partial charge in [0.25, 0.3) is 5.91 Å². The molecule has 23 heavy (non-hydrogen) atoms. The van der Waals surface area contributed by atoms with Crippen LogP contribution in [-0.2, 0) is 0 Å². The van der Waals surface area contributed by atoms with Crippen LogP contribution >= 0.6 is 11.3 Å². The van der Waals surface area contributed by atoms with Crippen LogP contribution in [0.15, 0.2) is 24.7 Å². The van der Waals surface area contributed by atoms with Gasteiger partial charge in [-0.15, -0.1) is 11.3 Å². The van der Waals surface area contributed by atoms with Crippen LogP contribution in [0.2, 0.25) is 0 Å². The third-order valence-electron chi connectivity index (χ3n) is 4.78. The molecule has 4 rings (SSSR count). The van der Waals surface area contributed by atoms with Crippen molar-refractivity contribution >= 4 is 17.2 Å². The molecule has 0 radical (unpaired) electrons. The van der Waals surface area contributed by atoms with E-state index in [9.17, 15) is 4.79 Å². The molecule has 2 atom stereocenters. The van der Waals surface area contributed by atoms with Crippen molar-refractivity contribution < 1.29 is 4.79 Å². The van der Waals surface area contributed by atoms with Crippen molar-refractivity contribution in [1.29, 1.82) is 0 Å². The van der Waals surface area contributed by atoms with Crippen LogP contribution in [-0.4, -0.2) is 51.9 Å². The highest BCUT2D eigenvalue weighted by molar-refractivity contribution is 7.16. The molecule has 7 heteroatoms. The Kier molecular flexibility index (Phi) is 4.05. The lowest BCUT2D eigenvalue weighted by molar-refractivity contribution is 0.0763. The van der Waals surface area contributed by atoms with Gasteiger partial charge in [0.15, 0.2) is 10.8 Å². The number of amides is 1. The van der Waals surface area contributed by atoms with Gasteiger partial charge >= 0.3 is 0 Å². The second-order valence-corrected chi connectivity index (χ2v) is 7.18. The number of rotatable bonds is 2. The average molecular weight is 329 g/mol. The second-order valence-electron chi connectivity index (χ2n) is 6.15. The molecule has 120 valence electrons. The highest BCUT2D eigenvalue weighted by Crippen LogP contribution is 2.29. The molecule has 0 aliphatic carbocycles. The Bertz CT molecular complexity index is 675. The molecule has 0 aromatic carbocycles. The molecule has 2 aromatic rings. The molecule has 2 saturated heterocycles. The highest BCUT2D eigenvalue weighted by Gasteiger charge is 2.32. The summed E-state index contributed by atoms with van der Waals surface area (Å²) in [5.41, 5.74) is 0. The van der Waals surface area contributed by atoms with E-state index in [0.717, 1.165) is 50.9 Å². The van der Waals surface area contributed by atoms with E-state index >= 15 is 0 Å². The predicted molar refractivity (Wildman–Crippen MR) is 88.1 cm³/mol. The Balaban J connectivity index is 1.48. The van der Waals surface area contributed by atoms with Gasteiger partial charge in [-0.25, -0.2) is 15.0 Å². The zero-order valence-electron chi connectivity index (χ0n) is 12.8. The molecule has 2 fully saturated rings. The number of nitrogens with one attached hydrogen (secondary N) is 1. The fourth-order valence-electron chi connectivity index (χ4n) is 3.46. The Morgan fingerprint density at radius 2 is 1.83 bits per heavy atom. The summed E-state index contributed by atoms with van der Waals surface area (Å²) < 4.78 is 0. The first-order valence-corrected chi connectivity index (χ1v) is 8.86. The van der Waals surface area contributed by atoms with E-state index in [4.69, 9.17) is 0 Å². The fourth-order valence-corrected chi connectivity index (χ4v) is 4.30. The first kappa shape index (κ1) is 14.7. The summed E-state index contributed by atoms with van der Waals surface area (Å²) in [5, 5.41) is 4.16. The molecular weight excluding hydrogens is 310 g/mol. The summed E-state index contributed by atoms with van der Waals surface area (Å²) in [7, 11) is 0. The van der Waals surface area contributed by atoms with E-state index in [1.165, 1.54) is 11.3 Å². The minimum atomic E-state index is 0.0950. The lowest BCUT2D eigenvalue weighted by Gasteiger charge is -2.19. The molecule has 2 aliphatic heterocycles. The Hall–Kier alpha value is -1.86. The van der Waals surface area contributed by atoms with Gasteiger partial charge in [-0.3, -0.25) is 4.79 Å². The van der Waals surface area contributed by atoms with Gasteiger partial charge in [-0.05, 0) is 43.8 Å². The second kappa shape index (κ2) is 6.33. The number of hydrogen-bond acceptors (Lipinski definition) is 6. The molecule has 0 bridgehead atoms. The Labute approximate surface area is 139 Å². The molecule has 4 heterocycles. The van der Waals surface area contributed by atoms with Crippen molar-refractivity contribution in [2.24, 2.45) is 11.8 Å². The number of fused-ring (bicyclic) bond motifs is 1. The van der Waals surface area contributed by atoms with Gasteiger partial charge in [-0.2, -0.15) is 0 Å². The van der Waals surface area contributed by atoms with E-state index < -0.39 is 0 Å². The van der Waals surface area contributed by atoms with Crippen LogP contribution in [0.25, 0.3) is 10.8 Å². The Morgan fingerprint density at radius 1 is 1.13 bits per heavy atom. The zero-order valence-corrected chi connectivity index (χ0v) is 13.6. The van der Waals surface area contributed by atoms with E-state index in [0.29, 0.717) is 15.7 Å². The largest absolute Gasteiger partial charge is 0.338 e. The van der Waals surface area contributed by atoms with Crippen LogP contribution < -0.4 is 5.32 Å². The van der Waals surface area contributed by atoms with E-state index in [2.05, 4.69) is 20.3 Å². The maximum atomic E-state index is 12.8. The molecule has 0 spiro atoms. The van der Waals surface area contributed by atoms with Crippen molar-refractivity contribution in [2.75, 3.05) is 26.2 Å². The van der Waals surface area contributed by atoms with Gasteiger partial charge in [-0.1, -0.05) is 0 Å². The smallest absolute Gasteiger partial charge is 0.265 e. The number of nitrogens with zero attached hydrogens (tertiary/aromatic N) is 4. The summed E-state index contributed by atoms with van der Waals surface area (Å²) in [6.07, 6.45) is 7.22. The standard InChI is InChI=1S/C16H19N5OS/c22-16(21-6-2-11-8-17-9-12(11)3-7-21)13-10-20-15(23-13)14-18-4-1-5-19-14/h1,4-5,10-12,17H,2-3,6-9H2/t11-,12+. The highest BCUT2D eigenvalue weighted by atomic mass is 32.1. The number of thiazole rings is 1. The molecule has 2 aromatic heterocycles. The third-order valence-corrected chi connectivity index (χ3v) is 5.76. The number of carbonyl (C=O) groups is 1. The number of aromatic nitrogens is 3. The quantitative estimate of drug-likeness (QED) is 0.907.